The van der Waals surface area contributed by atoms with Crippen molar-refractivity contribution >= 4 is 34.7 Å². The van der Waals surface area contributed by atoms with Crippen LogP contribution in [-0.4, -0.2) is 35.9 Å². The standard InChI is InChI=1S/C21H27N7O/c1-13(2)28-14(3)24-16-12-23-20(11-17(16)28)26-19-8-10-22-18(25-19)7-9-21(5,6)27-15(4)29/h7-13H,1-6H3,(H,27,29)(H,22,23,25,26). The molecule has 152 valence electrons. The van der Waals surface area contributed by atoms with Crippen LogP contribution < -0.4 is 10.6 Å². The van der Waals surface area contributed by atoms with Crippen LogP contribution in [0.1, 0.15) is 52.3 Å². The van der Waals surface area contributed by atoms with Crippen LogP contribution in [0.15, 0.2) is 30.6 Å². The summed E-state index contributed by atoms with van der Waals surface area (Å²) in [6.45, 7) is 11.6. The van der Waals surface area contributed by atoms with E-state index in [-0.39, 0.29) is 5.91 Å². The molecule has 0 unspecified atom stereocenters. The fourth-order valence-electron chi connectivity index (χ4n) is 3.27. The Morgan fingerprint density at radius 3 is 2.66 bits per heavy atom. The van der Waals surface area contributed by atoms with Crippen LogP contribution in [0.4, 0.5) is 11.6 Å². The quantitative estimate of drug-likeness (QED) is 0.661. The Hall–Kier alpha value is -3.29. The summed E-state index contributed by atoms with van der Waals surface area (Å²) in [5, 5.41) is 6.10. The van der Waals surface area contributed by atoms with Crippen molar-refractivity contribution in [3.63, 3.8) is 0 Å². The van der Waals surface area contributed by atoms with Crippen LogP contribution in [0.2, 0.25) is 0 Å². The first kappa shape index (κ1) is 20.4. The average Bonchev–Trinajstić information content (AvgIpc) is 2.94. The van der Waals surface area contributed by atoms with E-state index in [9.17, 15) is 4.79 Å². The molecule has 0 saturated carbocycles. The Morgan fingerprint density at radius 1 is 1.21 bits per heavy atom. The minimum atomic E-state index is -0.488. The summed E-state index contributed by atoms with van der Waals surface area (Å²) < 4.78 is 2.18. The van der Waals surface area contributed by atoms with E-state index in [2.05, 4.69) is 49.0 Å². The minimum Gasteiger partial charge on any atom is -0.348 e. The smallest absolute Gasteiger partial charge is 0.217 e. The van der Waals surface area contributed by atoms with Gasteiger partial charge in [-0.1, -0.05) is 6.08 Å². The zero-order valence-corrected chi connectivity index (χ0v) is 17.7. The second-order valence-electron chi connectivity index (χ2n) is 7.84. The summed E-state index contributed by atoms with van der Waals surface area (Å²) >= 11 is 0. The maximum Gasteiger partial charge on any atom is 0.217 e. The highest BCUT2D eigenvalue weighted by atomic mass is 16.1. The molecule has 0 atom stereocenters. The topological polar surface area (TPSA) is 97.6 Å². The molecule has 0 aliphatic heterocycles. The van der Waals surface area contributed by atoms with Gasteiger partial charge in [-0.3, -0.25) is 4.79 Å². The molecule has 1 amide bonds. The average molecular weight is 393 g/mol. The van der Waals surface area contributed by atoms with Gasteiger partial charge in [-0.05, 0) is 46.8 Å². The van der Waals surface area contributed by atoms with Gasteiger partial charge in [0.25, 0.3) is 0 Å². The normalized spacial score (nSPS) is 12.1. The van der Waals surface area contributed by atoms with E-state index >= 15 is 0 Å². The lowest BCUT2D eigenvalue weighted by molar-refractivity contribution is -0.120. The zero-order chi connectivity index (χ0) is 21.2. The third-order valence-corrected chi connectivity index (χ3v) is 4.35. The molecule has 0 radical (unpaired) electrons. The van der Waals surface area contributed by atoms with E-state index in [1.165, 1.54) is 6.92 Å². The Bertz CT molecular complexity index is 1070. The minimum absolute atomic E-state index is 0.0895. The molecule has 3 rings (SSSR count). The van der Waals surface area contributed by atoms with Gasteiger partial charge in [-0.15, -0.1) is 0 Å². The predicted octanol–water partition coefficient (Wildman–Crippen LogP) is 3.78. The fourth-order valence-corrected chi connectivity index (χ4v) is 3.27. The lowest BCUT2D eigenvalue weighted by atomic mass is 10.1. The number of carbonyl (C=O) groups excluding carboxylic acids is 1. The third-order valence-electron chi connectivity index (χ3n) is 4.35. The number of nitrogens with zero attached hydrogens (tertiary/aromatic N) is 5. The van der Waals surface area contributed by atoms with Crippen LogP contribution in [-0.2, 0) is 4.79 Å². The fraction of sp³-hybridized carbons (Fsp3) is 0.381. The molecule has 0 fully saturated rings. The predicted molar refractivity (Wildman–Crippen MR) is 115 cm³/mol. The van der Waals surface area contributed by atoms with E-state index in [4.69, 9.17) is 0 Å². The number of rotatable bonds is 6. The highest BCUT2D eigenvalue weighted by Gasteiger charge is 2.14. The highest BCUT2D eigenvalue weighted by molar-refractivity contribution is 5.79. The van der Waals surface area contributed by atoms with Crippen molar-refractivity contribution in [3.8, 4) is 0 Å². The first-order valence-corrected chi connectivity index (χ1v) is 9.57. The number of carbonyl (C=O) groups is 1. The Kier molecular flexibility index (Phi) is 5.63. The molecule has 29 heavy (non-hydrogen) atoms. The number of imidazole rings is 1. The molecule has 3 aromatic rings. The SMILES string of the molecule is CC(=O)NC(C)(C)C=Cc1nccc(Nc2cc3c(cn2)nc(C)n3C(C)C)n1. The molecule has 0 bridgehead atoms. The summed E-state index contributed by atoms with van der Waals surface area (Å²) in [4.78, 5) is 29.1. The van der Waals surface area contributed by atoms with E-state index in [0.29, 0.717) is 23.5 Å². The first-order chi connectivity index (χ1) is 13.6. The van der Waals surface area contributed by atoms with Crippen LogP contribution in [0.3, 0.4) is 0 Å². The molecule has 0 spiro atoms. The molecular formula is C21H27N7O. The molecule has 3 heterocycles. The number of hydrogen-bond donors (Lipinski definition) is 2. The number of nitrogens with one attached hydrogen (secondary N) is 2. The number of aryl methyl sites for hydroxylation is 1. The number of fused-ring (bicyclic) bond motifs is 1. The van der Waals surface area contributed by atoms with Gasteiger partial charge in [-0.25, -0.2) is 19.9 Å². The summed E-state index contributed by atoms with van der Waals surface area (Å²) in [6, 6.07) is 4.07. The Morgan fingerprint density at radius 2 is 1.97 bits per heavy atom. The molecule has 0 aromatic carbocycles. The maximum atomic E-state index is 11.3. The zero-order valence-electron chi connectivity index (χ0n) is 17.7. The number of hydrogen-bond acceptors (Lipinski definition) is 6. The van der Waals surface area contributed by atoms with E-state index in [0.717, 1.165) is 16.9 Å². The van der Waals surface area contributed by atoms with Crippen molar-refractivity contribution in [2.45, 2.75) is 53.1 Å². The number of pyridine rings is 1. The summed E-state index contributed by atoms with van der Waals surface area (Å²) in [6.07, 6.45) is 7.10. The van der Waals surface area contributed by atoms with E-state index in [1.807, 2.05) is 32.9 Å². The number of anilines is 2. The molecule has 0 aliphatic rings. The van der Waals surface area contributed by atoms with Crippen LogP contribution in [0, 0.1) is 6.92 Å². The summed E-state index contributed by atoms with van der Waals surface area (Å²) in [7, 11) is 0. The van der Waals surface area contributed by atoms with Crippen molar-refractivity contribution in [2.75, 3.05) is 5.32 Å². The van der Waals surface area contributed by atoms with Crippen LogP contribution in [0.25, 0.3) is 17.1 Å². The van der Waals surface area contributed by atoms with E-state index in [1.54, 1.807) is 24.5 Å². The molecular weight excluding hydrogens is 366 g/mol. The van der Waals surface area contributed by atoms with E-state index < -0.39 is 5.54 Å². The molecule has 8 nitrogen and oxygen atoms in total. The van der Waals surface area contributed by atoms with Crippen molar-refractivity contribution in [1.82, 2.24) is 29.8 Å². The molecule has 8 heteroatoms. The van der Waals surface area contributed by atoms with Crippen molar-refractivity contribution < 1.29 is 4.79 Å². The Labute approximate surface area is 170 Å². The van der Waals surface area contributed by atoms with Gasteiger partial charge in [0.2, 0.25) is 5.91 Å². The van der Waals surface area contributed by atoms with Gasteiger partial charge in [0.15, 0.2) is 5.82 Å². The maximum absolute atomic E-state index is 11.3. The number of aromatic nitrogens is 5. The molecule has 0 aliphatic carbocycles. The largest absolute Gasteiger partial charge is 0.348 e. The lowest BCUT2D eigenvalue weighted by Crippen LogP contribution is -2.40. The van der Waals surface area contributed by atoms with Gasteiger partial charge in [-0.2, -0.15) is 0 Å². The van der Waals surface area contributed by atoms with Gasteiger partial charge in [0.05, 0.1) is 17.3 Å². The highest BCUT2D eigenvalue weighted by Crippen LogP contribution is 2.23. The van der Waals surface area contributed by atoms with Gasteiger partial charge in [0, 0.05) is 25.2 Å². The van der Waals surface area contributed by atoms with Gasteiger partial charge in [0.1, 0.15) is 23.0 Å². The van der Waals surface area contributed by atoms with Crippen molar-refractivity contribution in [1.29, 1.82) is 0 Å². The lowest BCUT2D eigenvalue weighted by Gasteiger charge is -2.20. The van der Waals surface area contributed by atoms with Gasteiger partial charge >= 0.3 is 0 Å². The first-order valence-electron chi connectivity index (χ1n) is 9.57. The molecule has 2 N–H and O–H groups in total. The second kappa shape index (κ2) is 7.98. The third kappa shape index (κ3) is 4.96. The van der Waals surface area contributed by atoms with Crippen molar-refractivity contribution in [2.24, 2.45) is 0 Å². The van der Waals surface area contributed by atoms with Crippen LogP contribution >= 0.6 is 0 Å². The monoisotopic (exact) mass is 393 g/mol. The van der Waals surface area contributed by atoms with Gasteiger partial charge < -0.3 is 15.2 Å². The molecule has 0 saturated heterocycles. The summed E-state index contributed by atoms with van der Waals surface area (Å²) in [5.74, 6) is 2.73. The number of amides is 1. The van der Waals surface area contributed by atoms with Crippen LogP contribution in [0.5, 0.6) is 0 Å². The summed E-state index contributed by atoms with van der Waals surface area (Å²) in [5.41, 5.74) is 1.41. The second-order valence-corrected chi connectivity index (χ2v) is 7.84. The molecule has 3 aromatic heterocycles. The van der Waals surface area contributed by atoms with Crippen molar-refractivity contribution in [3.05, 3.63) is 42.3 Å². The Balaban J connectivity index is 1.83.